The van der Waals surface area contributed by atoms with Crippen molar-refractivity contribution < 1.29 is 34.3 Å². The minimum absolute atomic E-state index is 0.0584. The van der Waals surface area contributed by atoms with Gasteiger partial charge in [-0.05, 0) is 42.3 Å². The van der Waals surface area contributed by atoms with E-state index in [9.17, 15) is 24.8 Å². The van der Waals surface area contributed by atoms with Gasteiger partial charge in [-0.2, -0.15) is 0 Å². The van der Waals surface area contributed by atoms with E-state index in [0.717, 1.165) is 6.07 Å². The van der Waals surface area contributed by atoms with E-state index in [-0.39, 0.29) is 28.5 Å². The van der Waals surface area contributed by atoms with Crippen molar-refractivity contribution >= 4 is 11.6 Å². The Morgan fingerprint density at radius 3 is 2.36 bits per heavy atom. The van der Waals surface area contributed by atoms with Crippen LogP contribution >= 0.6 is 11.6 Å². The highest BCUT2D eigenvalue weighted by atomic mass is 35.5. The molecule has 2 aromatic rings. The molecule has 1 fully saturated rings. The molecular weight excluding hydrogens is 455 g/mol. The molecule has 0 bridgehead atoms. The van der Waals surface area contributed by atoms with Crippen molar-refractivity contribution in [1.29, 1.82) is 0 Å². The van der Waals surface area contributed by atoms with Gasteiger partial charge in [0, 0.05) is 16.5 Å². The van der Waals surface area contributed by atoms with E-state index in [1.165, 1.54) is 24.3 Å². The summed E-state index contributed by atoms with van der Waals surface area (Å²) in [6, 6.07) is 8.64. The fourth-order valence-corrected chi connectivity index (χ4v) is 4.39. The molecule has 0 amide bonds. The molecule has 0 aliphatic carbocycles. The van der Waals surface area contributed by atoms with Crippen molar-refractivity contribution in [3.8, 4) is 5.75 Å². The maximum absolute atomic E-state index is 14.5. The van der Waals surface area contributed by atoms with Gasteiger partial charge in [-0.3, -0.25) is 0 Å². The quantitative estimate of drug-likeness (QED) is 0.320. The van der Waals surface area contributed by atoms with Crippen molar-refractivity contribution in [2.45, 2.75) is 43.4 Å². The number of ether oxygens (including phenoxy) is 2. The lowest BCUT2D eigenvalue weighted by atomic mass is 9.77. The summed E-state index contributed by atoms with van der Waals surface area (Å²) >= 11 is 6.38. The van der Waals surface area contributed by atoms with E-state index in [0.29, 0.717) is 5.56 Å². The number of hydrogen-bond donors (Lipinski definition) is 6. The van der Waals surface area contributed by atoms with Crippen LogP contribution in [0.25, 0.3) is 0 Å². The first-order valence-corrected chi connectivity index (χ1v) is 11.0. The summed E-state index contributed by atoms with van der Waals surface area (Å²) < 4.78 is 25.6. The van der Waals surface area contributed by atoms with Gasteiger partial charge in [-0.1, -0.05) is 30.7 Å². The van der Waals surface area contributed by atoms with Gasteiger partial charge in [0.25, 0.3) is 0 Å². The average Bonchev–Trinajstić information content (AvgIpc) is 2.80. The molecule has 1 aliphatic rings. The van der Waals surface area contributed by atoms with Gasteiger partial charge < -0.3 is 41.4 Å². The van der Waals surface area contributed by atoms with Crippen molar-refractivity contribution in [3.05, 3.63) is 63.9 Å². The molecule has 8 N–H and O–H groups in total. The Labute approximate surface area is 196 Å². The summed E-state index contributed by atoms with van der Waals surface area (Å²) in [6.07, 6.45) is -3.78. The Bertz CT molecular complexity index is 987. The predicted octanol–water partition coefficient (Wildman–Crippen LogP) is 1.15. The molecule has 3 rings (SSSR count). The van der Waals surface area contributed by atoms with Crippen molar-refractivity contribution in [2.75, 3.05) is 19.8 Å². The molecule has 10 heteroatoms. The molecule has 4 unspecified atom stereocenters. The zero-order valence-electron chi connectivity index (χ0n) is 18.4. The van der Waals surface area contributed by atoms with E-state index < -0.39 is 54.5 Å². The molecule has 8 nitrogen and oxygen atoms in total. The number of nitrogens with two attached hydrogens (primary N) is 2. The number of aliphatic hydroxyl groups is 4. The third-order valence-corrected chi connectivity index (χ3v) is 6.70. The summed E-state index contributed by atoms with van der Waals surface area (Å²) in [5.74, 6) is -1.33. The van der Waals surface area contributed by atoms with Gasteiger partial charge in [0.2, 0.25) is 0 Å². The zero-order valence-corrected chi connectivity index (χ0v) is 19.2. The third-order valence-electron chi connectivity index (χ3n) is 6.37. The van der Waals surface area contributed by atoms with Gasteiger partial charge >= 0.3 is 0 Å². The second-order valence-corrected chi connectivity index (χ2v) is 8.78. The smallest absolute Gasteiger partial charge is 0.165 e. The second kappa shape index (κ2) is 9.81. The maximum Gasteiger partial charge on any atom is 0.165 e. The SMILES string of the molecule is CCOc1ccc(C(N)(N)c2cc(C3OC(CO)(CO)C(C)C(O)C3O)ccc2Cl)cc1F. The molecule has 182 valence electrons. The van der Waals surface area contributed by atoms with Crippen LogP contribution in [0.2, 0.25) is 5.02 Å². The summed E-state index contributed by atoms with van der Waals surface area (Å²) in [6.45, 7) is 2.44. The van der Waals surface area contributed by atoms with Crippen LogP contribution in [0.5, 0.6) is 5.75 Å². The first-order valence-electron chi connectivity index (χ1n) is 10.6. The first-order chi connectivity index (χ1) is 15.5. The lowest BCUT2D eigenvalue weighted by Gasteiger charge is -2.48. The predicted molar refractivity (Wildman–Crippen MR) is 120 cm³/mol. The van der Waals surface area contributed by atoms with Crippen molar-refractivity contribution in [1.82, 2.24) is 0 Å². The first kappa shape index (κ1) is 25.8. The van der Waals surface area contributed by atoms with Gasteiger partial charge in [-0.15, -0.1) is 0 Å². The number of halogens is 2. The van der Waals surface area contributed by atoms with Crippen LogP contribution in [0.15, 0.2) is 36.4 Å². The van der Waals surface area contributed by atoms with Crippen molar-refractivity contribution in [3.63, 3.8) is 0 Å². The Hall–Kier alpha value is -1.82. The summed E-state index contributed by atoms with van der Waals surface area (Å²) in [5, 5.41) is 41.1. The van der Waals surface area contributed by atoms with Crippen LogP contribution in [-0.2, 0) is 10.4 Å². The molecule has 0 saturated carbocycles. The highest BCUT2D eigenvalue weighted by molar-refractivity contribution is 6.31. The zero-order chi connectivity index (χ0) is 24.6. The molecule has 0 radical (unpaired) electrons. The van der Waals surface area contributed by atoms with Crippen LogP contribution < -0.4 is 16.2 Å². The molecule has 1 heterocycles. The number of benzene rings is 2. The van der Waals surface area contributed by atoms with Crippen LogP contribution in [0.4, 0.5) is 4.39 Å². The normalized spacial score (nSPS) is 25.2. The van der Waals surface area contributed by atoms with Gasteiger partial charge in [0.15, 0.2) is 11.6 Å². The van der Waals surface area contributed by atoms with E-state index in [1.54, 1.807) is 19.9 Å². The standard InChI is InChI=1S/C23H30ClFN2O6/c1-3-32-18-7-5-14(9-17(18)25)23(26,27)15-8-13(4-6-16(15)24)21-20(31)19(30)12(2)22(10-28,11-29)33-21/h4-9,12,19-21,28-31H,3,10-11,26-27H2,1-2H3. The Kier molecular flexibility index (Phi) is 7.67. The Morgan fingerprint density at radius 2 is 1.79 bits per heavy atom. The lowest BCUT2D eigenvalue weighted by molar-refractivity contribution is -0.268. The molecule has 4 atom stereocenters. The Morgan fingerprint density at radius 1 is 1.12 bits per heavy atom. The molecular formula is C23H30ClFN2O6. The minimum atomic E-state index is -1.73. The highest BCUT2D eigenvalue weighted by Gasteiger charge is 2.51. The minimum Gasteiger partial charge on any atom is -0.491 e. The summed E-state index contributed by atoms with van der Waals surface area (Å²) in [4.78, 5) is 0. The van der Waals surface area contributed by atoms with Crippen LogP contribution in [0.1, 0.15) is 36.6 Å². The molecule has 0 aromatic heterocycles. The molecule has 0 spiro atoms. The van der Waals surface area contributed by atoms with Crippen LogP contribution in [-0.4, -0.2) is 58.1 Å². The number of hydrogen-bond acceptors (Lipinski definition) is 8. The fraction of sp³-hybridized carbons (Fsp3) is 0.478. The molecule has 1 aliphatic heterocycles. The van der Waals surface area contributed by atoms with E-state index >= 15 is 0 Å². The van der Waals surface area contributed by atoms with Gasteiger partial charge in [0.1, 0.15) is 23.5 Å². The lowest BCUT2D eigenvalue weighted by Crippen LogP contribution is -2.60. The van der Waals surface area contributed by atoms with E-state index in [2.05, 4.69) is 0 Å². The maximum atomic E-state index is 14.5. The molecule has 33 heavy (non-hydrogen) atoms. The average molecular weight is 485 g/mol. The van der Waals surface area contributed by atoms with E-state index in [4.69, 9.17) is 32.5 Å². The summed E-state index contributed by atoms with van der Waals surface area (Å²) in [5.41, 5.74) is 10.4. The molecule has 1 saturated heterocycles. The largest absolute Gasteiger partial charge is 0.491 e. The monoisotopic (exact) mass is 484 g/mol. The topological polar surface area (TPSA) is 151 Å². The molecule has 2 aromatic carbocycles. The third kappa shape index (κ3) is 4.60. The van der Waals surface area contributed by atoms with Gasteiger partial charge in [0.05, 0.1) is 25.9 Å². The van der Waals surface area contributed by atoms with Crippen LogP contribution in [0.3, 0.4) is 0 Å². The fourth-order valence-electron chi connectivity index (χ4n) is 4.12. The number of aliphatic hydroxyl groups excluding tert-OH is 4. The Balaban J connectivity index is 2.03. The van der Waals surface area contributed by atoms with Crippen LogP contribution in [0, 0.1) is 11.7 Å². The summed E-state index contributed by atoms with van der Waals surface area (Å²) in [7, 11) is 0. The van der Waals surface area contributed by atoms with Gasteiger partial charge in [-0.25, -0.2) is 4.39 Å². The van der Waals surface area contributed by atoms with Crippen molar-refractivity contribution in [2.24, 2.45) is 17.4 Å². The number of rotatable bonds is 7. The van der Waals surface area contributed by atoms with E-state index in [1.807, 2.05) is 0 Å². The highest BCUT2D eigenvalue weighted by Crippen LogP contribution is 2.42. The second-order valence-electron chi connectivity index (χ2n) is 8.38.